The van der Waals surface area contributed by atoms with E-state index in [4.69, 9.17) is 16.3 Å². The SMILES string of the molecule is CCOC(=O)c1sc2ncn3nc(-c4c(Cl)c(C(F)(F)F)nn4C)nc3c2c1C. The van der Waals surface area contributed by atoms with Gasteiger partial charge in [-0.1, -0.05) is 11.6 Å². The number of aromatic nitrogens is 6. The molecular formula is C16H12ClF3N6O2S. The van der Waals surface area contributed by atoms with Gasteiger partial charge >= 0.3 is 12.1 Å². The number of ether oxygens (including phenoxy) is 1. The van der Waals surface area contributed by atoms with E-state index in [2.05, 4.69) is 20.2 Å². The Morgan fingerprint density at radius 2 is 2.07 bits per heavy atom. The topological polar surface area (TPSA) is 87.2 Å². The number of thiophene rings is 1. The van der Waals surface area contributed by atoms with E-state index >= 15 is 0 Å². The molecule has 0 N–H and O–H groups in total. The van der Waals surface area contributed by atoms with Crippen LogP contribution in [0.5, 0.6) is 0 Å². The molecule has 0 aliphatic heterocycles. The van der Waals surface area contributed by atoms with Gasteiger partial charge in [-0.3, -0.25) is 4.68 Å². The molecule has 0 bridgehead atoms. The van der Waals surface area contributed by atoms with Crippen molar-refractivity contribution >= 4 is 44.8 Å². The largest absolute Gasteiger partial charge is 0.462 e. The molecule has 0 unspecified atom stereocenters. The molecule has 0 saturated heterocycles. The maximum Gasteiger partial charge on any atom is 0.436 e. The number of hydrogen-bond donors (Lipinski definition) is 0. The number of esters is 1. The lowest BCUT2D eigenvalue weighted by Crippen LogP contribution is -2.07. The van der Waals surface area contributed by atoms with Gasteiger partial charge in [0.1, 0.15) is 26.8 Å². The minimum Gasteiger partial charge on any atom is -0.462 e. The quantitative estimate of drug-likeness (QED) is 0.445. The Kier molecular flexibility index (Phi) is 4.50. The van der Waals surface area contributed by atoms with E-state index < -0.39 is 22.9 Å². The van der Waals surface area contributed by atoms with Crippen LogP contribution >= 0.6 is 22.9 Å². The summed E-state index contributed by atoms with van der Waals surface area (Å²) in [5.74, 6) is -0.520. The molecule has 0 fully saturated rings. The Hall–Kier alpha value is -2.73. The van der Waals surface area contributed by atoms with Gasteiger partial charge in [0.25, 0.3) is 0 Å². The van der Waals surface area contributed by atoms with E-state index in [0.717, 1.165) is 16.0 Å². The van der Waals surface area contributed by atoms with Gasteiger partial charge in [0.05, 0.1) is 12.0 Å². The van der Waals surface area contributed by atoms with Crippen LogP contribution in [-0.4, -0.2) is 41.9 Å². The molecule has 8 nitrogen and oxygen atoms in total. The summed E-state index contributed by atoms with van der Waals surface area (Å²) in [6.45, 7) is 3.65. The number of carbonyl (C=O) groups is 1. The molecule has 4 aromatic heterocycles. The fourth-order valence-corrected chi connectivity index (χ4v) is 4.34. The van der Waals surface area contributed by atoms with E-state index in [9.17, 15) is 18.0 Å². The van der Waals surface area contributed by atoms with Gasteiger partial charge in [0.2, 0.25) is 5.82 Å². The second-order valence-corrected chi connectivity index (χ2v) is 7.41. The monoisotopic (exact) mass is 444 g/mol. The van der Waals surface area contributed by atoms with Crippen molar-refractivity contribution in [3.05, 3.63) is 27.5 Å². The van der Waals surface area contributed by atoms with Crippen molar-refractivity contribution in [3.63, 3.8) is 0 Å². The Labute approximate surface area is 169 Å². The number of nitrogens with zero attached hydrogens (tertiary/aromatic N) is 6. The maximum absolute atomic E-state index is 13.1. The molecule has 0 spiro atoms. The van der Waals surface area contributed by atoms with Crippen molar-refractivity contribution in [2.75, 3.05) is 6.61 Å². The third-order valence-corrected chi connectivity index (χ3v) is 5.74. The summed E-state index contributed by atoms with van der Waals surface area (Å²) in [7, 11) is 1.32. The van der Waals surface area contributed by atoms with Crippen LogP contribution in [0.3, 0.4) is 0 Å². The zero-order chi connectivity index (χ0) is 21.1. The molecular weight excluding hydrogens is 433 g/mol. The predicted octanol–water partition coefficient (Wildman–Crippen LogP) is 3.90. The molecule has 4 rings (SSSR count). The smallest absolute Gasteiger partial charge is 0.436 e. The average Bonchev–Trinajstić information content (AvgIpc) is 3.28. The highest BCUT2D eigenvalue weighted by molar-refractivity contribution is 7.20. The van der Waals surface area contributed by atoms with Crippen molar-refractivity contribution in [2.45, 2.75) is 20.0 Å². The van der Waals surface area contributed by atoms with Crippen LogP contribution in [-0.2, 0) is 18.0 Å². The standard InChI is InChI=1S/C16H12ClF3N6O2S/c1-4-28-15(27)10-6(2)7-13-22-12(24-26(13)5-21-14(7)29-10)9-8(17)11(16(18,19)20)23-25(9)3/h5H,4H2,1-3H3. The van der Waals surface area contributed by atoms with Crippen LogP contribution in [0, 0.1) is 6.92 Å². The fourth-order valence-electron chi connectivity index (χ4n) is 2.95. The highest BCUT2D eigenvalue weighted by atomic mass is 35.5. The van der Waals surface area contributed by atoms with Gasteiger partial charge < -0.3 is 4.74 Å². The van der Waals surface area contributed by atoms with Crippen molar-refractivity contribution in [1.29, 1.82) is 0 Å². The van der Waals surface area contributed by atoms with Crippen LogP contribution in [0.15, 0.2) is 6.33 Å². The summed E-state index contributed by atoms with van der Waals surface area (Å²) in [6, 6.07) is 0. The molecule has 29 heavy (non-hydrogen) atoms. The number of alkyl halides is 3. The molecule has 152 valence electrons. The lowest BCUT2D eigenvalue weighted by molar-refractivity contribution is -0.141. The number of hydrogen-bond acceptors (Lipinski definition) is 7. The second-order valence-electron chi connectivity index (χ2n) is 6.04. The van der Waals surface area contributed by atoms with Gasteiger partial charge in [-0.15, -0.1) is 16.4 Å². The first kappa shape index (κ1) is 19.6. The van der Waals surface area contributed by atoms with Crippen LogP contribution in [0.4, 0.5) is 13.2 Å². The maximum atomic E-state index is 13.1. The zero-order valence-electron chi connectivity index (χ0n) is 15.2. The molecule has 4 heterocycles. The lowest BCUT2D eigenvalue weighted by atomic mass is 10.2. The third-order valence-electron chi connectivity index (χ3n) is 4.20. The van der Waals surface area contributed by atoms with E-state index in [1.54, 1.807) is 13.8 Å². The summed E-state index contributed by atoms with van der Waals surface area (Å²) in [5, 5.41) is 7.63. The molecule has 0 aromatic carbocycles. The first-order chi connectivity index (χ1) is 13.6. The van der Waals surface area contributed by atoms with Crippen molar-refractivity contribution in [1.82, 2.24) is 29.4 Å². The Bertz CT molecular complexity index is 1280. The van der Waals surface area contributed by atoms with Gasteiger partial charge in [-0.05, 0) is 19.4 Å². The number of halogens is 4. The molecule has 0 atom stereocenters. The molecule has 0 saturated carbocycles. The van der Waals surface area contributed by atoms with E-state index in [1.165, 1.54) is 17.9 Å². The Balaban J connectivity index is 1.93. The number of fused-ring (bicyclic) bond motifs is 3. The van der Waals surface area contributed by atoms with Crippen LogP contribution < -0.4 is 0 Å². The van der Waals surface area contributed by atoms with Crippen LogP contribution in [0.1, 0.15) is 27.9 Å². The first-order valence-electron chi connectivity index (χ1n) is 8.25. The minimum absolute atomic E-state index is 0.0434. The minimum atomic E-state index is -4.71. The molecule has 0 aliphatic rings. The summed E-state index contributed by atoms with van der Waals surface area (Å²) < 4.78 is 46.7. The number of aryl methyl sites for hydroxylation is 2. The van der Waals surface area contributed by atoms with Gasteiger partial charge in [-0.2, -0.15) is 18.3 Å². The number of rotatable bonds is 3. The molecule has 4 aromatic rings. The van der Waals surface area contributed by atoms with Gasteiger partial charge in [0.15, 0.2) is 11.3 Å². The van der Waals surface area contributed by atoms with Gasteiger partial charge in [-0.25, -0.2) is 19.3 Å². The fraction of sp³-hybridized carbons (Fsp3) is 0.312. The summed E-state index contributed by atoms with van der Waals surface area (Å²) in [5.41, 5.74) is -0.350. The van der Waals surface area contributed by atoms with E-state index in [1.807, 2.05) is 0 Å². The van der Waals surface area contributed by atoms with Crippen molar-refractivity contribution < 1.29 is 22.7 Å². The van der Waals surface area contributed by atoms with Crippen LogP contribution in [0.2, 0.25) is 5.02 Å². The summed E-state index contributed by atoms with van der Waals surface area (Å²) in [4.78, 5) is 21.7. The molecule has 0 aliphatic carbocycles. The van der Waals surface area contributed by atoms with Crippen LogP contribution in [0.25, 0.3) is 27.4 Å². The molecule has 0 amide bonds. The lowest BCUT2D eigenvalue weighted by Gasteiger charge is -2.00. The van der Waals surface area contributed by atoms with Crippen molar-refractivity contribution in [2.24, 2.45) is 7.05 Å². The highest BCUT2D eigenvalue weighted by Crippen LogP contribution is 2.39. The highest BCUT2D eigenvalue weighted by Gasteiger charge is 2.39. The van der Waals surface area contributed by atoms with E-state index in [0.29, 0.717) is 26.3 Å². The Morgan fingerprint density at radius 1 is 1.34 bits per heavy atom. The van der Waals surface area contributed by atoms with Crippen molar-refractivity contribution in [3.8, 4) is 11.5 Å². The number of carbonyl (C=O) groups excluding carboxylic acids is 1. The summed E-state index contributed by atoms with van der Waals surface area (Å²) >= 11 is 7.09. The normalized spacial score (nSPS) is 12.2. The Morgan fingerprint density at radius 3 is 2.69 bits per heavy atom. The van der Waals surface area contributed by atoms with E-state index in [-0.39, 0.29) is 18.1 Å². The second kappa shape index (κ2) is 6.66. The van der Waals surface area contributed by atoms with Gasteiger partial charge in [0, 0.05) is 7.05 Å². The molecule has 13 heteroatoms. The third kappa shape index (κ3) is 3.02. The average molecular weight is 445 g/mol. The zero-order valence-corrected chi connectivity index (χ0v) is 16.8. The first-order valence-corrected chi connectivity index (χ1v) is 9.44. The molecule has 0 radical (unpaired) electrons. The predicted molar refractivity (Wildman–Crippen MR) is 99.1 cm³/mol. The summed E-state index contributed by atoms with van der Waals surface area (Å²) in [6.07, 6.45) is -3.34.